The number of ketones is 1. The number of pyridine rings is 2. The highest BCUT2D eigenvalue weighted by atomic mass is 16.5. The first-order valence-corrected chi connectivity index (χ1v) is 14.4. The number of rotatable bonds is 11. The molecule has 11 nitrogen and oxygen atoms in total. The van der Waals surface area contributed by atoms with E-state index in [1.807, 2.05) is 24.8 Å². The first kappa shape index (κ1) is 30.3. The first-order chi connectivity index (χ1) is 21.3. The third-order valence-corrected chi connectivity index (χ3v) is 7.49. The molecule has 1 fully saturated rings. The third-order valence-electron chi connectivity index (χ3n) is 7.49. The summed E-state index contributed by atoms with van der Waals surface area (Å²) in [5.74, 6) is 1.45. The van der Waals surface area contributed by atoms with Crippen molar-refractivity contribution in [1.82, 2.24) is 29.7 Å². The molecule has 0 radical (unpaired) electrons. The maximum atomic E-state index is 12.8. The van der Waals surface area contributed by atoms with Gasteiger partial charge in [-0.1, -0.05) is 18.7 Å². The summed E-state index contributed by atoms with van der Waals surface area (Å²) in [7, 11) is 1.57. The van der Waals surface area contributed by atoms with Crippen molar-refractivity contribution in [1.29, 1.82) is 0 Å². The molecule has 4 heterocycles. The summed E-state index contributed by atoms with van der Waals surface area (Å²) in [6.07, 6.45) is 8.29. The van der Waals surface area contributed by atoms with E-state index in [-0.39, 0.29) is 18.1 Å². The Bertz CT molecular complexity index is 1650. The van der Waals surface area contributed by atoms with E-state index < -0.39 is 0 Å². The van der Waals surface area contributed by atoms with Gasteiger partial charge in [-0.15, -0.1) is 0 Å². The smallest absolute Gasteiger partial charge is 0.255 e. The Kier molecular flexibility index (Phi) is 9.56. The lowest BCUT2D eigenvalue weighted by molar-refractivity contribution is -0.114. The minimum Gasteiger partial charge on any atom is -0.481 e. The average Bonchev–Trinajstić information content (AvgIpc) is 3.05. The number of ether oxygens (including phenoxy) is 1. The van der Waals surface area contributed by atoms with Gasteiger partial charge in [0.15, 0.2) is 5.78 Å². The Morgan fingerprint density at radius 3 is 2.50 bits per heavy atom. The first-order valence-electron chi connectivity index (χ1n) is 14.4. The van der Waals surface area contributed by atoms with Gasteiger partial charge in [0.05, 0.1) is 18.4 Å². The summed E-state index contributed by atoms with van der Waals surface area (Å²) in [5.41, 5.74) is 5.88. The lowest BCUT2D eigenvalue weighted by atomic mass is 10.0. The molecule has 3 aromatic heterocycles. The van der Waals surface area contributed by atoms with E-state index in [9.17, 15) is 9.59 Å². The highest BCUT2D eigenvalue weighted by Crippen LogP contribution is 2.27. The van der Waals surface area contributed by atoms with Crippen molar-refractivity contribution in [3.63, 3.8) is 0 Å². The molecule has 0 saturated carbocycles. The highest BCUT2D eigenvalue weighted by Gasteiger charge is 2.22. The lowest BCUT2D eigenvalue weighted by Gasteiger charge is -2.34. The Hall–Kier alpha value is -5.16. The molecule has 226 valence electrons. The number of nitrogens with zero attached hydrogens (tertiary/aromatic N) is 6. The van der Waals surface area contributed by atoms with E-state index in [0.717, 1.165) is 46.7 Å². The zero-order chi connectivity index (χ0) is 31.1. The number of nitrogens with one attached hydrogen (secondary N) is 2. The number of methoxy groups -OCH3 is 1. The fraction of sp³-hybridized carbons (Fsp3) is 0.273. The molecular formula is C33H36N8O3. The van der Waals surface area contributed by atoms with Crippen molar-refractivity contribution < 1.29 is 14.3 Å². The number of carbonyl (C=O) groups excluding carboxylic acids is 2. The predicted molar refractivity (Wildman–Crippen MR) is 170 cm³/mol. The van der Waals surface area contributed by atoms with Crippen molar-refractivity contribution in [2.24, 2.45) is 0 Å². The van der Waals surface area contributed by atoms with E-state index in [4.69, 9.17) is 9.72 Å². The second-order valence-corrected chi connectivity index (χ2v) is 10.7. The Morgan fingerprint density at radius 1 is 0.977 bits per heavy atom. The molecule has 4 aromatic rings. The fourth-order valence-electron chi connectivity index (χ4n) is 4.94. The second-order valence-electron chi connectivity index (χ2n) is 10.7. The number of hydrogen-bond donors (Lipinski definition) is 2. The molecule has 44 heavy (non-hydrogen) atoms. The van der Waals surface area contributed by atoms with Gasteiger partial charge in [0.1, 0.15) is 5.82 Å². The van der Waals surface area contributed by atoms with E-state index >= 15 is 0 Å². The van der Waals surface area contributed by atoms with Crippen LogP contribution in [-0.2, 0) is 17.8 Å². The normalized spacial score (nSPS) is 13.3. The molecular weight excluding hydrogens is 556 g/mol. The van der Waals surface area contributed by atoms with Crippen LogP contribution in [0.25, 0.3) is 0 Å². The molecule has 1 aliphatic rings. The van der Waals surface area contributed by atoms with Crippen LogP contribution in [0.4, 0.5) is 23.1 Å². The second kappa shape index (κ2) is 13.9. The van der Waals surface area contributed by atoms with Gasteiger partial charge in [0.25, 0.3) is 5.91 Å². The van der Waals surface area contributed by atoms with Crippen molar-refractivity contribution >= 4 is 34.8 Å². The van der Waals surface area contributed by atoms with Gasteiger partial charge in [-0.2, -0.15) is 4.98 Å². The third kappa shape index (κ3) is 7.42. The molecule has 1 amide bonds. The quantitative estimate of drug-likeness (QED) is 0.238. The minimum atomic E-state index is -0.0726. The molecule has 0 bridgehead atoms. The van der Waals surface area contributed by atoms with E-state index in [1.54, 1.807) is 50.1 Å². The van der Waals surface area contributed by atoms with Crippen LogP contribution in [0.3, 0.4) is 0 Å². The summed E-state index contributed by atoms with van der Waals surface area (Å²) in [4.78, 5) is 46.9. The number of allylic oxidation sites excluding steroid dienone is 1. The van der Waals surface area contributed by atoms with Crippen LogP contribution < -0.4 is 15.4 Å². The summed E-state index contributed by atoms with van der Waals surface area (Å²) < 4.78 is 5.25. The van der Waals surface area contributed by atoms with Crippen LogP contribution in [0, 0.1) is 13.8 Å². The summed E-state index contributed by atoms with van der Waals surface area (Å²) in [6, 6.07) is 11.5. The monoisotopic (exact) mass is 592 g/mol. The molecule has 2 N–H and O–H groups in total. The average molecular weight is 593 g/mol. The zero-order valence-corrected chi connectivity index (χ0v) is 25.2. The molecule has 1 saturated heterocycles. The number of amides is 1. The number of carbonyl (C=O) groups is 2. The van der Waals surface area contributed by atoms with Gasteiger partial charge in [0.2, 0.25) is 11.8 Å². The molecule has 0 unspecified atom stereocenters. The van der Waals surface area contributed by atoms with Gasteiger partial charge in [-0.3, -0.25) is 19.5 Å². The van der Waals surface area contributed by atoms with Crippen LogP contribution in [0.2, 0.25) is 0 Å². The van der Waals surface area contributed by atoms with Gasteiger partial charge < -0.3 is 20.3 Å². The van der Waals surface area contributed by atoms with Crippen LogP contribution in [-0.4, -0.2) is 74.7 Å². The number of aryl methyl sites for hydroxylation is 2. The van der Waals surface area contributed by atoms with Crippen LogP contribution >= 0.6 is 0 Å². The standard InChI is InChI=1S/C33H36N8O3/c1-5-27(42)16-26-15-24(21-40-11-13-41(14-12-40)32(43)25-7-6-10-34-20-25)8-9-28(26)37-31-23(3)19-36-33(39-31)38-29-17-30(44-4)35-18-22(29)2/h5-10,15,17-20H,1,11-14,16,21H2,2-4H3,(H2,35,36,37,38,39). The van der Waals surface area contributed by atoms with E-state index in [2.05, 4.69) is 49.2 Å². The van der Waals surface area contributed by atoms with Crippen molar-refractivity contribution in [2.75, 3.05) is 43.9 Å². The topological polar surface area (TPSA) is 125 Å². The predicted octanol–water partition coefficient (Wildman–Crippen LogP) is 4.63. The summed E-state index contributed by atoms with van der Waals surface area (Å²) >= 11 is 0. The van der Waals surface area contributed by atoms with Crippen molar-refractivity contribution in [2.45, 2.75) is 26.8 Å². The number of hydrogen-bond acceptors (Lipinski definition) is 10. The number of piperazine rings is 1. The zero-order valence-electron chi connectivity index (χ0n) is 25.2. The largest absolute Gasteiger partial charge is 0.481 e. The summed E-state index contributed by atoms with van der Waals surface area (Å²) in [5, 5.41) is 6.67. The molecule has 1 aliphatic heterocycles. The SMILES string of the molecule is C=CC(=O)Cc1cc(CN2CCN(C(=O)c3cccnc3)CC2)ccc1Nc1nc(Nc2cc(OC)ncc2C)ncc1C. The fourth-order valence-corrected chi connectivity index (χ4v) is 4.94. The Labute approximate surface area is 257 Å². The molecule has 11 heteroatoms. The number of aromatic nitrogens is 4. The van der Waals surface area contributed by atoms with Crippen LogP contribution in [0.15, 0.2) is 73.8 Å². The van der Waals surface area contributed by atoms with Crippen molar-refractivity contribution in [3.8, 4) is 5.88 Å². The van der Waals surface area contributed by atoms with Gasteiger partial charge in [0, 0.05) is 81.2 Å². The van der Waals surface area contributed by atoms with Gasteiger partial charge in [-0.05, 0) is 54.8 Å². The minimum absolute atomic E-state index is 0.00686. The molecule has 1 aromatic carbocycles. The van der Waals surface area contributed by atoms with Crippen LogP contribution in [0.1, 0.15) is 32.6 Å². The Morgan fingerprint density at radius 2 is 1.77 bits per heavy atom. The molecule has 0 spiro atoms. The molecule has 0 atom stereocenters. The highest BCUT2D eigenvalue weighted by molar-refractivity contribution is 5.94. The maximum Gasteiger partial charge on any atom is 0.255 e. The number of benzene rings is 1. The van der Waals surface area contributed by atoms with E-state index in [1.165, 1.54) is 6.08 Å². The van der Waals surface area contributed by atoms with Gasteiger partial charge in [-0.25, -0.2) is 9.97 Å². The number of anilines is 4. The Balaban J connectivity index is 1.30. The van der Waals surface area contributed by atoms with Crippen molar-refractivity contribution in [3.05, 3.63) is 102 Å². The van der Waals surface area contributed by atoms with Crippen LogP contribution in [0.5, 0.6) is 5.88 Å². The maximum absolute atomic E-state index is 12.8. The summed E-state index contributed by atoms with van der Waals surface area (Å²) in [6.45, 7) is 11.0. The lowest BCUT2D eigenvalue weighted by Crippen LogP contribution is -2.48. The molecule has 0 aliphatic carbocycles. The van der Waals surface area contributed by atoms with Gasteiger partial charge >= 0.3 is 0 Å². The van der Waals surface area contributed by atoms with E-state index in [0.29, 0.717) is 42.8 Å². The molecule has 5 rings (SSSR count).